The summed E-state index contributed by atoms with van der Waals surface area (Å²) in [4.78, 5) is 0. The van der Waals surface area contributed by atoms with Crippen molar-refractivity contribution in [2.24, 2.45) is 16.7 Å². The van der Waals surface area contributed by atoms with E-state index in [-0.39, 0.29) is 5.54 Å². The van der Waals surface area contributed by atoms with Crippen molar-refractivity contribution in [3.63, 3.8) is 0 Å². The Hall–Kier alpha value is -0.0400. The highest BCUT2D eigenvalue weighted by atomic mass is 15.1. The summed E-state index contributed by atoms with van der Waals surface area (Å²) >= 11 is 0. The first-order valence-electron chi connectivity index (χ1n) is 7.41. The molecular formula is C16H29N. The van der Waals surface area contributed by atoms with Gasteiger partial charge in [-0.1, -0.05) is 13.8 Å². The molecule has 4 rings (SSSR count). The molecular weight excluding hydrogens is 206 g/mol. The highest BCUT2D eigenvalue weighted by Crippen LogP contribution is 2.66. The standard InChI is InChI=1S/C16H29N/c1-13(2,3)17-16-8-12-6-14(4,10-16)9-15(5,7-12)11-16/h12,17H,6-11H2,1-5H3/t12?,14-,15+,16?. The fraction of sp³-hybridized carbons (Fsp3) is 1.00. The van der Waals surface area contributed by atoms with Crippen LogP contribution in [-0.4, -0.2) is 11.1 Å². The molecule has 0 aromatic rings. The van der Waals surface area contributed by atoms with Crippen LogP contribution in [0.25, 0.3) is 0 Å². The third-order valence-corrected chi connectivity index (χ3v) is 5.27. The summed E-state index contributed by atoms with van der Waals surface area (Å²) in [5, 5.41) is 4.01. The van der Waals surface area contributed by atoms with Gasteiger partial charge in [0, 0.05) is 11.1 Å². The van der Waals surface area contributed by atoms with Crippen molar-refractivity contribution in [3.05, 3.63) is 0 Å². The monoisotopic (exact) mass is 235 g/mol. The van der Waals surface area contributed by atoms with Gasteiger partial charge in [0.2, 0.25) is 0 Å². The van der Waals surface area contributed by atoms with Gasteiger partial charge >= 0.3 is 0 Å². The van der Waals surface area contributed by atoms with Gasteiger partial charge < -0.3 is 5.32 Å². The predicted octanol–water partition coefficient (Wildman–Crippen LogP) is 4.12. The van der Waals surface area contributed by atoms with Crippen LogP contribution in [0.15, 0.2) is 0 Å². The molecule has 4 bridgehead atoms. The summed E-state index contributed by atoms with van der Waals surface area (Å²) in [5.41, 5.74) is 1.98. The Morgan fingerprint density at radius 1 is 0.882 bits per heavy atom. The van der Waals surface area contributed by atoms with Crippen molar-refractivity contribution in [3.8, 4) is 0 Å². The second-order valence-electron chi connectivity index (χ2n) is 9.29. The minimum atomic E-state index is 0.262. The lowest BCUT2D eigenvalue weighted by Crippen LogP contribution is -2.67. The van der Waals surface area contributed by atoms with Crippen LogP contribution in [0.5, 0.6) is 0 Å². The van der Waals surface area contributed by atoms with Crippen molar-refractivity contribution < 1.29 is 0 Å². The topological polar surface area (TPSA) is 12.0 Å². The minimum absolute atomic E-state index is 0.262. The molecule has 2 unspecified atom stereocenters. The van der Waals surface area contributed by atoms with Crippen molar-refractivity contribution in [2.75, 3.05) is 0 Å². The molecule has 4 aliphatic carbocycles. The molecule has 0 radical (unpaired) electrons. The Kier molecular flexibility index (Phi) is 2.19. The van der Waals surface area contributed by atoms with Crippen LogP contribution in [0, 0.1) is 16.7 Å². The van der Waals surface area contributed by atoms with Gasteiger partial charge in [-0.3, -0.25) is 0 Å². The van der Waals surface area contributed by atoms with Crippen LogP contribution in [0.1, 0.15) is 73.1 Å². The van der Waals surface area contributed by atoms with Gasteiger partial charge in [-0.2, -0.15) is 0 Å². The molecule has 1 nitrogen and oxygen atoms in total. The van der Waals surface area contributed by atoms with E-state index in [0.717, 1.165) is 5.92 Å². The zero-order valence-electron chi connectivity index (χ0n) is 12.3. The Morgan fingerprint density at radius 2 is 1.41 bits per heavy atom. The quantitative estimate of drug-likeness (QED) is 0.721. The van der Waals surface area contributed by atoms with Gasteiger partial charge in [-0.25, -0.2) is 0 Å². The average Bonchev–Trinajstić information content (AvgIpc) is 1.88. The van der Waals surface area contributed by atoms with E-state index in [2.05, 4.69) is 39.9 Å². The van der Waals surface area contributed by atoms with Crippen molar-refractivity contribution >= 4 is 0 Å². The van der Waals surface area contributed by atoms with Crippen LogP contribution in [-0.2, 0) is 0 Å². The predicted molar refractivity (Wildman–Crippen MR) is 73.0 cm³/mol. The van der Waals surface area contributed by atoms with E-state index >= 15 is 0 Å². The Balaban J connectivity index is 1.92. The minimum Gasteiger partial charge on any atom is -0.307 e. The molecule has 0 heterocycles. The molecule has 17 heavy (non-hydrogen) atoms. The normalized spacial score (nSPS) is 53.1. The molecule has 0 amide bonds. The van der Waals surface area contributed by atoms with Gasteiger partial charge in [0.25, 0.3) is 0 Å². The molecule has 0 aliphatic heterocycles. The average molecular weight is 235 g/mol. The van der Waals surface area contributed by atoms with Crippen LogP contribution < -0.4 is 5.32 Å². The van der Waals surface area contributed by atoms with Crippen LogP contribution >= 0.6 is 0 Å². The summed E-state index contributed by atoms with van der Waals surface area (Å²) < 4.78 is 0. The number of hydrogen-bond donors (Lipinski definition) is 1. The highest BCUT2D eigenvalue weighted by Gasteiger charge is 2.60. The fourth-order valence-corrected chi connectivity index (χ4v) is 6.38. The zero-order valence-corrected chi connectivity index (χ0v) is 12.3. The fourth-order valence-electron chi connectivity index (χ4n) is 6.38. The van der Waals surface area contributed by atoms with Crippen LogP contribution in [0.2, 0.25) is 0 Å². The molecule has 0 aromatic heterocycles. The SMILES string of the molecule is CC(C)(C)NC12CC3C[C@@](C)(C1)C[C@](C)(C3)C2. The highest BCUT2D eigenvalue weighted by molar-refractivity contribution is 5.15. The van der Waals surface area contributed by atoms with E-state index in [1.807, 2.05) is 0 Å². The van der Waals surface area contributed by atoms with Crippen LogP contribution in [0.4, 0.5) is 0 Å². The lowest BCUT2D eigenvalue weighted by molar-refractivity contribution is -0.123. The second kappa shape index (κ2) is 3.10. The van der Waals surface area contributed by atoms with Gasteiger partial charge in [-0.15, -0.1) is 0 Å². The Morgan fingerprint density at radius 3 is 1.82 bits per heavy atom. The van der Waals surface area contributed by atoms with Crippen LogP contribution in [0.3, 0.4) is 0 Å². The third kappa shape index (κ3) is 2.05. The van der Waals surface area contributed by atoms with E-state index < -0.39 is 0 Å². The van der Waals surface area contributed by atoms with Gasteiger partial charge in [0.15, 0.2) is 0 Å². The molecule has 1 heteroatoms. The zero-order chi connectivity index (χ0) is 12.5. The summed E-state index contributed by atoms with van der Waals surface area (Å²) in [7, 11) is 0. The molecule has 0 spiro atoms. The maximum atomic E-state index is 4.01. The summed E-state index contributed by atoms with van der Waals surface area (Å²) in [5.74, 6) is 0.996. The molecule has 0 aromatic carbocycles. The van der Waals surface area contributed by atoms with E-state index in [9.17, 15) is 0 Å². The lowest BCUT2D eigenvalue weighted by Gasteiger charge is -2.66. The van der Waals surface area contributed by atoms with E-state index in [1.54, 1.807) is 0 Å². The molecule has 4 aliphatic rings. The number of hydrogen-bond acceptors (Lipinski definition) is 1. The first-order chi connectivity index (χ1) is 7.61. The molecule has 0 saturated heterocycles. The first-order valence-corrected chi connectivity index (χ1v) is 7.41. The molecule has 4 saturated carbocycles. The lowest BCUT2D eigenvalue weighted by atomic mass is 9.42. The summed E-state index contributed by atoms with van der Waals surface area (Å²) in [6.45, 7) is 12.1. The molecule has 98 valence electrons. The van der Waals surface area contributed by atoms with Crippen molar-refractivity contribution in [1.29, 1.82) is 0 Å². The second-order valence-corrected chi connectivity index (χ2v) is 9.29. The summed E-state index contributed by atoms with van der Waals surface area (Å²) in [6.07, 6.45) is 8.75. The Bertz CT molecular complexity index is 314. The van der Waals surface area contributed by atoms with Crippen molar-refractivity contribution in [1.82, 2.24) is 5.32 Å². The van der Waals surface area contributed by atoms with Crippen molar-refractivity contribution in [2.45, 2.75) is 84.2 Å². The maximum Gasteiger partial charge on any atom is 0.0199 e. The van der Waals surface area contributed by atoms with Gasteiger partial charge in [0.1, 0.15) is 0 Å². The van der Waals surface area contributed by atoms with E-state index in [0.29, 0.717) is 16.4 Å². The maximum absolute atomic E-state index is 4.01. The van der Waals surface area contributed by atoms with Gasteiger partial charge in [-0.05, 0) is 76.0 Å². The third-order valence-electron chi connectivity index (χ3n) is 5.27. The molecule has 4 atom stereocenters. The number of nitrogens with one attached hydrogen (secondary N) is 1. The molecule has 1 N–H and O–H groups in total. The van der Waals surface area contributed by atoms with E-state index in [4.69, 9.17) is 0 Å². The first kappa shape index (κ1) is 12.0. The smallest absolute Gasteiger partial charge is 0.0199 e. The number of rotatable bonds is 1. The van der Waals surface area contributed by atoms with Gasteiger partial charge in [0.05, 0.1) is 0 Å². The Labute approximate surface area is 107 Å². The largest absolute Gasteiger partial charge is 0.307 e. The molecule has 4 fully saturated rings. The summed E-state index contributed by atoms with van der Waals surface area (Å²) in [6, 6.07) is 0. The van der Waals surface area contributed by atoms with E-state index in [1.165, 1.54) is 38.5 Å².